The third kappa shape index (κ3) is 12.9. The zero-order valence-electron chi connectivity index (χ0n) is 35.0. The molecular weight excluding hydrogens is 763 g/mol. The fraction of sp³-hybridized carbons (Fsp3) is 0.500. The number of nitrogens with one attached hydrogen (secondary N) is 3. The van der Waals surface area contributed by atoms with Crippen LogP contribution in [0.5, 0.6) is 5.75 Å². The van der Waals surface area contributed by atoms with E-state index in [1.165, 1.54) is 38.4 Å². The largest absolute Gasteiger partial charge is 0.506 e. The van der Waals surface area contributed by atoms with Gasteiger partial charge in [0.25, 0.3) is 0 Å². The van der Waals surface area contributed by atoms with Crippen molar-refractivity contribution < 1.29 is 48.1 Å². The van der Waals surface area contributed by atoms with Crippen LogP contribution in [0, 0.1) is 5.92 Å². The lowest BCUT2D eigenvalue weighted by atomic mass is 10.0. The van der Waals surface area contributed by atoms with Crippen molar-refractivity contribution in [3.8, 4) is 11.4 Å². The van der Waals surface area contributed by atoms with Gasteiger partial charge in [-0.15, -0.1) is 0 Å². The highest BCUT2D eigenvalue weighted by atomic mass is 16.6. The van der Waals surface area contributed by atoms with Crippen molar-refractivity contribution in [2.75, 3.05) is 27.2 Å². The van der Waals surface area contributed by atoms with Crippen molar-refractivity contribution in [3.63, 3.8) is 0 Å². The number of aromatic hydroxyl groups is 1. The number of phenols is 1. The molecule has 0 bridgehead atoms. The van der Waals surface area contributed by atoms with E-state index < -0.39 is 65.6 Å². The van der Waals surface area contributed by atoms with E-state index in [-0.39, 0.29) is 31.2 Å². The van der Waals surface area contributed by atoms with Crippen molar-refractivity contribution in [2.24, 2.45) is 5.92 Å². The third-order valence-electron chi connectivity index (χ3n) is 9.69. The molecule has 3 aromatic rings. The van der Waals surface area contributed by atoms with Gasteiger partial charge in [0, 0.05) is 32.8 Å². The van der Waals surface area contributed by atoms with Gasteiger partial charge in [-0.1, -0.05) is 50.2 Å². The van der Waals surface area contributed by atoms with Crippen LogP contribution in [0.15, 0.2) is 61.1 Å². The quantitative estimate of drug-likeness (QED) is 0.121. The smallest absolute Gasteiger partial charge is 0.410 e. The molecule has 0 spiro atoms. The summed E-state index contributed by atoms with van der Waals surface area (Å²) in [7, 11) is 2.67. The Morgan fingerprint density at radius 1 is 0.983 bits per heavy atom. The number of methoxy groups -OCH3 is 1. The fourth-order valence-electron chi connectivity index (χ4n) is 6.40. The third-order valence-corrected chi connectivity index (χ3v) is 9.69. The number of likely N-dealkylation sites (tertiary alicyclic amines) is 1. The second-order valence-electron chi connectivity index (χ2n) is 15.8. The summed E-state index contributed by atoms with van der Waals surface area (Å²) >= 11 is 0. The summed E-state index contributed by atoms with van der Waals surface area (Å²) in [5.41, 5.74) is 1.68. The first kappa shape index (κ1) is 45.6. The van der Waals surface area contributed by atoms with Gasteiger partial charge in [0.1, 0.15) is 42.1 Å². The van der Waals surface area contributed by atoms with E-state index in [9.17, 15) is 33.9 Å². The van der Waals surface area contributed by atoms with Crippen LogP contribution < -0.4 is 16.0 Å². The van der Waals surface area contributed by atoms with Gasteiger partial charge in [-0.25, -0.2) is 19.4 Å². The number of carbonyl (C=O) groups is 6. The maximum absolute atomic E-state index is 13.3. The minimum absolute atomic E-state index is 0.00895. The lowest BCUT2D eigenvalue weighted by molar-refractivity contribution is -0.146. The molecule has 5 amide bonds. The normalized spacial score (nSPS) is 15.4. The highest BCUT2D eigenvalue weighted by Crippen LogP contribution is 2.25. The van der Waals surface area contributed by atoms with Crippen molar-refractivity contribution >= 4 is 35.9 Å². The molecule has 1 aliphatic rings. The predicted molar refractivity (Wildman–Crippen MR) is 216 cm³/mol. The number of carbonyl (C=O) groups excluding carboxylic acids is 6. The molecule has 17 nitrogen and oxygen atoms in total. The van der Waals surface area contributed by atoms with Gasteiger partial charge in [-0.3, -0.25) is 24.2 Å². The Morgan fingerprint density at radius 3 is 2.36 bits per heavy atom. The van der Waals surface area contributed by atoms with E-state index in [1.807, 2.05) is 30.3 Å². The molecule has 0 aliphatic carbocycles. The second-order valence-corrected chi connectivity index (χ2v) is 15.8. The molecule has 1 fully saturated rings. The summed E-state index contributed by atoms with van der Waals surface area (Å²) in [6.45, 7) is 10.9. The Hall–Kier alpha value is -6.13. The van der Waals surface area contributed by atoms with Crippen molar-refractivity contribution in [1.29, 1.82) is 0 Å². The van der Waals surface area contributed by atoms with Crippen LogP contribution in [0.3, 0.4) is 0 Å². The number of nitrogens with zero attached hydrogens (tertiary/aromatic N) is 4. The standard InChI is InChI=1S/C42H57N7O10/c1-26(2)35(46-36(51)27(3)45-37(52)31-15-12-20-49(31)41(56)59-42(4,5)6)38(53)43-19-18-28-16-17-34(50)32(21-28)48-23-30(44-25-48)22-33(39(54)57-8)47(7)40(55)58-24-29-13-10-9-11-14-29/h9-11,13-14,16-17,21,23,25-27,31,33,35,50H,12,15,18-20,22,24H2,1-8H3,(H,43,53)(H,45,52)(H,46,51)/t27-,31-,33-,35-/m0/s1. The van der Waals surface area contributed by atoms with Crippen molar-refractivity contribution in [2.45, 2.75) is 104 Å². The molecule has 2 aromatic carbocycles. The average molecular weight is 820 g/mol. The number of amides is 5. The van der Waals surface area contributed by atoms with E-state index in [2.05, 4.69) is 20.9 Å². The molecule has 1 aliphatic heterocycles. The first-order valence-electron chi connectivity index (χ1n) is 19.6. The molecule has 17 heteroatoms. The topological polar surface area (TPSA) is 211 Å². The Morgan fingerprint density at radius 2 is 1.69 bits per heavy atom. The molecule has 0 unspecified atom stereocenters. The molecule has 1 aromatic heterocycles. The maximum atomic E-state index is 13.3. The van der Waals surface area contributed by atoms with Gasteiger partial charge in [-0.05, 0) is 76.1 Å². The van der Waals surface area contributed by atoms with E-state index >= 15 is 0 Å². The number of benzene rings is 2. The number of rotatable bonds is 16. The fourth-order valence-corrected chi connectivity index (χ4v) is 6.40. The molecule has 0 saturated carbocycles. The summed E-state index contributed by atoms with van der Waals surface area (Å²) in [6, 6.07) is 10.4. The van der Waals surface area contributed by atoms with Crippen LogP contribution in [0.2, 0.25) is 0 Å². The van der Waals surface area contributed by atoms with Crippen LogP contribution in [0.4, 0.5) is 9.59 Å². The highest BCUT2D eigenvalue weighted by molar-refractivity contribution is 5.94. The van der Waals surface area contributed by atoms with E-state index in [0.717, 1.165) is 16.0 Å². The summed E-state index contributed by atoms with van der Waals surface area (Å²) in [5.74, 6) is -2.42. The minimum Gasteiger partial charge on any atom is -0.506 e. The first-order valence-corrected chi connectivity index (χ1v) is 19.6. The average Bonchev–Trinajstić information content (AvgIpc) is 3.88. The Kier molecular flexibility index (Phi) is 15.9. The lowest BCUT2D eigenvalue weighted by Crippen LogP contribution is -2.56. The molecule has 2 heterocycles. The molecule has 59 heavy (non-hydrogen) atoms. The summed E-state index contributed by atoms with van der Waals surface area (Å²) < 4.78 is 17.4. The monoisotopic (exact) mass is 819 g/mol. The highest BCUT2D eigenvalue weighted by Gasteiger charge is 2.38. The van der Waals surface area contributed by atoms with E-state index in [0.29, 0.717) is 37.2 Å². The van der Waals surface area contributed by atoms with E-state index in [1.54, 1.807) is 57.5 Å². The Balaban J connectivity index is 1.32. The first-order chi connectivity index (χ1) is 27.9. The Labute approximate surface area is 344 Å². The number of hydrogen-bond donors (Lipinski definition) is 4. The molecular formula is C42H57N7O10. The zero-order valence-corrected chi connectivity index (χ0v) is 35.0. The van der Waals surface area contributed by atoms with Gasteiger partial charge in [0.2, 0.25) is 17.7 Å². The maximum Gasteiger partial charge on any atom is 0.410 e. The summed E-state index contributed by atoms with van der Waals surface area (Å²) in [5, 5.41) is 19.0. The van der Waals surface area contributed by atoms with Crippen LogP contribution in [0.1, 0.15) is 71.2 Å². The van der Waals surface area contributed by atoms with Gasteiger partial charge in [0.15, 0.2) is 0 Å². The lowest BCUT2D eigenvalue weighted by Gasteiger charge is -2.29. The van der Waals surface area contributed by atoms with Gasteiger partial charge < -0.3 is 39.8 Å². The van der Waals surface area contributed by atoms with Gasteiger partial charge in [-0.2, -0.15) is 0 Å². The number of esters is 1. The number of imidazole rings is 1. The zero-order chi connectivity index (χ0) is 43.4. The van der Waals surface area contributed by atoms with Crippen LogP contribution in [0.25, 0.3) is 5.69 Å². The molecule has 4 atom stereocenters. The molecule has 1 saturated heterocycles. The Bertz CT molecular complexity index is 1940. The predicted octanol–water partition coefficient (Wildman–Crippen LogP) is 3.63. The second kappa shape index (κ2) is 20.5. The SMILES string of the molecule is COC(=O)[C@H](Cc1cn(-c2cc(CCNC(=O)[C@@H](NC(=O)[C@H](C)NC(=O)[C@@H]3CCCN3C(=O)OC(C)(C)C)C(C)C)ccc2O)cn1)N(C)C(=O)OCc1ccccc1. The van der Waals surface area contributed by atoms with Crippen LogP contribution >= 0.6 is 0 Å². The molecule has 4 N–H and O–H groups in total. The number of aromatic nitrogens is 2. The summed E-state index contributed by atoms with van der Waals surface area (Å²) in [4.78, 5) is 84.8. The molecule has 0 radical (unpaired) electrons. The molecule has 4 rings (SSSR count). The molecule has 320 valence electrons. The van der Waals surface area contributed by atoms with Crippen molar-refractivity contribution in [1.82, 2.24) is 35.3 Å². The van der Waals surface area contributed by atoms with Gasteiger partial charge in [0.05, 0.1) is 24.8 Å². The van der Waals surface area contributed by atoms with Crippen LogP contribution in [-0.4, -0.2) is 117 Å². The minimum atomic E-state index is -1.04. The number of phenolic OH excluding ortho intramolecular Hbond substituents is 1. The summed E-state index contributed by atoms with van der Waals surface area (Å²) in [6.07, 6.45) is 3.25. The number of ether oxygens (including phenoxy) is 3. The number of likely N-dealkylation sites (N-methyl/N-ethyl adjacent to an activating group) is 1. The van der Waals surface area contributed by atoms with E-state index in [4.69, 9.17) is 14.2 Å². The number of hydrogen-bond acceptors (Lipinski definition) is 11. The van der Waals surface area contributed by atoms with Crippen LogP contribution in [-0.2, 0) is 52.8 Å². The van der Waals surface area contributed by atoms with Gasteiger partial charge >= 0.3 is 18.2 Å². The van der Waals surface area contributed by atoms with Crippen molar-refractivity contribution in [3.05, 3.63) is 77.9 Å².